The number of allylic oxidation sites excluding steroid dienone is 1. The average Bonchev–Trinajstić information content (AvgIpc) is 3.18. The van der Waals surface area contributed by atoms with Crippen molar-refractivity contribution < 1.29 is 29.2 Å². The van der Waals surface area contributed by atoms with E-state index in [0.29, 0.717) is 28.2 Å². The highest BCUT2D eigenvalue weighted by Gasteiger charge is 2.47. The van der Waals surface area contributed by atoms with Crippen molar-refractivity contribution in [3.8, 4) is 0 Å². The molecule has 0 aromatic heterocycles. The molecule has 2 N–H and O–H groups in total. The average molecular weight is 530 g/mol. The third-order valence-electron chi connectivity index (χ3n) is 6.46. The maximum Gasteiger partial charge on any atom is 0.336 e. The number of non-ortho nitro benzene ring substituents is 1. The Labute approximate surface area is 224 Å². The molecule has 10 nitrogen and oxygen atoms in total. The summed E-state index contributed by atoms with van der Waals surface area (Å²) >= 11 is 0. The first-order valence-electron chi connectivity index (χ1n) is 12.3. The smallest absolute Gasteiger partial charge is 0.336 e. The van der Waals surface area contributed by atoms with Crippen LogP contribution in [0.1, 0.15) is 31.0 Å². The predicted octanol–water partition coefficient (Wildman–Crippen LogP) is 4.88. The second-order valence-electron chi connectivity index (χ2n) is 8.94. The summed E-state index contributed by atoms with van der Waals surface area (Å²) in [5, 5.41) is 23.7. The third kappa shape index (κ3) is 5.80. The van der Waals surface area contributed by atoms with Gasteiger partial charge in [-0.1, -0.05) is 42.5 Å². The van der Waals surface area contributed by atoms with Crippen LogP contribution in [0.15, 0.2) is 90.1 Å². The molecule has 4 rings (SSSR count). The maximum absolute atomic E-state index is 14.1. The molecular formula is C29H27N3O7. The molecule has 0 saturated heterocycles. The molecule has 1 amide bonds. The Morgan fingerprint density at radius 1 is 1.05 bits per heavy atom. The molecule has 1 aliphatic heterocycles. The van der Waals surface area contributed by atoms with E-state index < -0.39 is 34.7 Å². The number of carbonyl (C=O) groups is 3. The highest BCUT2D eigenvalue weighted by Crippen LogP contribution is 2.42. The number of ether oxygens (including phenoxy) is 1. The molecule has 3 aromatic carbocycles. The number of nitro benzene ring substituents is 1. The van der Waals surface area contributed by atoms with Crippen LogP contribution < -0.4 is 10.2 Å². The number of nitrogens with zero attached hydrogens (tertiary/aromatic N) is 2. The lowest BCUT2D eigenvalue weighted by Gasteiger charge is -2.27. The summed E-state index contributed by atoms with van der Waals surface area (Å²) in [5.41, 5.74) is 2.74. The van der Waals surface area contributed by atoms with Crippen molar-refractivity contribution >= 4 is 34.9 Å². The molecule has 0 bridgehead atoms. The van der Waals surface area contributed by atoms with Crippen molar-refractivity contribution in [2.75, 3.05) is 16.8 Å². The molecule has 1 aliphatic rings. The fourth-order valence-electron chi connectivity index (χ4n) is 4.70. The van der Waals surface area contributed by atoms with E-state index in [1.807, 2.05) is 30.3 Å². The summed E-state index contributed by atoms with van der Waals surface area (Å²) in [6.45, 7) is 3.44. The standard InChI is InChI=1S/C29H27N3O7/c1-3-39-29(36)25-18(2)31(22-13-9-19(10-14-22)17-24(33)34)28(35)26(25)27(30-21-7-5-4-6-8-21)20-11-15-23(16-12-20)32(37)38/h4-16,26-27,30H,3,17H2,1-2H3,(H,33,34). The van der Waals surface area contributed by atoms with Crippen LogP contribution in [0.25, 0.3) is 0 Å². The summed E-state index contributed by atoms with van der Waals surface area (Å²) < 4.78 is 5.35. The highest BCUT2D eigenvalue weighted by atomic mass is 16.6. The number of nitro groups is 1. The Hall–Kier alpha value is -4.99. The van der Waals surface area contributed by atoms with Crippen LogP contribution >= 0.6 is 0 Å². The van der Waals surface area contributed by atoms with Crippen LogP contribution in [0.2, 0.25) is 0 Å². The Balaban J connectivity index is 1.82. The van der Waals surface area contributed by atoms with E-state index in [4.69, 9.17) is 9.84 Å². The molecule has 1 heterocycles. The topological polar surface area (TPSA) is 139 Å². The number of rotatable bonds is 10. The first kappa shape index (κ1) is 27.1. The van der Waals surface area contributed by atoms with Crippen LogP contribution in [0, 0.1) is 16.0 Å². The minimum atomic E-state index is -1.02. The fraction of sp³-hybridized carbons (Fsp3) is 0.207. The first-order chi connectivity index (χ1) is 18.7. The molecule has 0 aliphatic carbocycles. The summed E-state index contributed by atoms with van der Waals surface area (Å²) in [6.07, 6.45) is -0.164. The molecule has 0 spiro atoms. The largest absolute Gasteiger partial charge is 0.481 e. The van der Waals surface area contributed by atoms with Crippen molar-refractivity contribution in [1.29, 1.82) is 0 Å². The van der Waals surface area contributed by atoms with Crippen LogP contribution in [-0.2, 0) is 25.5 Å². The third-order valence-corrected chi connectivity index (χ3v) is 6.46. The molecule has 2 unspecified atom stereocenters. The number of carbonyl (C=O) groups excluding carboxylic acids is 2. The number of nitrogens with one attached hydrogen (secondary N) is 1. The van der Waals surface area contributed by atoms with Gasteiger partial charge in [-0.25, -0.2) is 4.79 Å². The molecule has 10 heteroatoms. The number of hydrogen-bond acceptors (Lipinski definition) is 7. The SMILES string of the molecule is CCOC(=O)C1=C(C)N(c2ccc(CC(=O)O)cc2)C(=O)C1C(Nc1ccccc1)c1ccc([N+](=O)[O-])cc1. The van der Waals surface area contributed by atoms with E-state index >= 15 is 0 Å². The van der Waals surface area contributed by atoms with Gasteiger partial charge in [0.1, 0.15) is 0 Å². The minimum Gasteiger partial charge on any atom is -0.481 e. The second kappa shape index (κ2) is 11.6. The monoisotopic (exact) mass is 529 g/mol. The van der Waals surface area contributed by atoms with Gasteiger partial charge in [0.2, 0.25) is 5.91 Å². The molecule has 0 saturated carbocycles. The molecule has 2 atom stereocenters. The lowest BCUT2D eigenvalue weighted by molar-refractivity contribution is -0.384. The zero-order valence-corrected chi connectivity index (χ0v) is 21.4. The Kier molecular flexibility index (Phi) is 8.04. The van der Waals surface area contributed by atoms with Gasteiger partial charge in [-0.3, -0.25) is 24.6 Å². The van der Waals surface area contributed by atoms with Crippen LogP contribution in [0.3, 0.4) is 0 Å². The minimum absolute atomic E-state index is 0.102. The van der Waals surface area contributed by atoms with E-state index in [1.54, 1.807) is 50.2 Å². The summed E-state index contributed by atoms with van der Waals surface area (Å²) in [5.74, 6) is -3.03. The number of anilines is 2. The van der Waals surface area contributed by atoms with Crippen LogP contribution in [0.4, 0.5) is 17.1 Å². The molecule has 0 radical (unpaired) electrons. The Bertz CT molecular complexity index is 1420. The maximum atomic E-state index is 14.1. The molecule has 3 aromatic rings. The van der Waals surface area contributed by atoms with Gasteiger partial charge in [-0.15, -0.1) is 0 Å². The van der Waals surface area contributed by atoms with Crippen LogP contribution in [-0.4, -0.2) is 34.5 Å². The van der Waals surface area contributed by atoms with E-state index in [0.717, 1.165) is 0 Å². The summed E-state index contributed by atoms with van der Waals surface area (Å²) in [4.78, 5) is 50.6. The van der Waals surface area contributed by atoms with Crippen molar-refractivity contribution in [3.05, 3.63) is 111 Å². The predicted molar refractivity (Wildman–Crippen MR) is 144 cm³/mol. The van der Waals surface area contributed by atoms with E-state index in [1.165, 1.54) is 17.0 Å². The normalized spacial score (nSPS) is 15.7. The zero-order valence-electron chi connectivity index (χ0n) is 21.4. The van der Waals surface area contributed by atoms with Crippen LogP contribution in [0.5, 0.6) is 0 Å². The number of carboxylic acids is 1. The number of aliphatic carboxylic acids is 1. The van der Waals surface area contributed by atoms with Gasteiger partial charge in [0.15, 0.2) is 0 Å². The number of amides is 1. The van der Waals surface area contributed by atoms with Crippen molar-refractivity contribution in [2.24, 2.45) is 5.92 Å². The van der Waals surface area contributed by atoms with Crippen molar-refractivity contribution in [3.63, 3.8) is 0 Å². The van der Waals surface area contributed by atoms with E-state index in [2.05, 4.69) is 5.32 Å². The van der Waals surface area contributed by atoms with Crippen molar-refractivity contribution in [2.45, 2.75) is 26.3 Å². The van der Waals surface area contributed by atoms with E-state index in [9.17, 15) is 24.5 Å². The van der Waals surface area contributed by atoms with E-state index in [-0.39, 0.29) is 24.3 Å². The fourth-order valence-corrected chi connectivity index (χ4v) is 4.70. The molecule has 0 fully saturated rings. The summed E-state index contributed by atoms with van der Waals surface area (Å²) in [6, 6.07) is 20.7. The van der Waals surface area contributed by atoms with Gasteiger partial charge < -0.3 is 15.2 Å². The number of para-hydroxylation sites is 1. The Morgan fingerprint density at radius 2 is 1.69 bits per heavy atom. The Morgan fingerprint density at radius 3 is 2.26 bits per heavy atom. The highest BCUT2D eigenvalue weighted by molar-refractivity contribution is 6.11. The number of carboxylic acid groups (broad SMARTS) is 1. The number of esters is 1. The lowest BCUT2D eigenvalue weighted by atomic mass is 9.86. The van der Waals surface area contributed by atoms with Gasteiger partial charge >= 0.3 is 11.9 Å². The molecular weight excluding hydrogens is 502 g/mol. The number of hydrogen-bond donors (Lipinski definition) is 2. The molecule has 39 heavy (non-hydrogen) atoms. The first-order valence-corrected chi connectivity index (χ1v) is 12.3. The van der Waals surface area contributed by atoms with Gasteiger partial charge in [0, 0.05) is 29.2 Å². The van der Waals surface area contributed by atoms with Crippen molar-refractivity contribution in [1.82, 2.24) is 0 Å². The molecule has 200 valence electrons. The zero-order chi connectivity index (χ0) is 28.1. The quantitative estimate of drug-likeness (QED) is 0.215. The van der Waals surface area contributed by atoms with Gasteiger partial charge in [0.05, 0.1) is 35.5 Å². The number of benzene rings is 3. The lowest BCUT2D eigenvalue weighted by Crippen LogP contribution is -2.34. The van der Waals surface area contributed by atoms with Gasteiger partial charge in [-0.2, -0.15) is 0 Å². The second-order valence-corrected chi connectivity index (χ2v) is 8.94. The van der Waals surface area contributed by atoms with Gasteiger partial charge in [-0.05, 0) is 49.2 Å². The summed E-state index contributed by atoms with van der Waals surface area (Å²) in [7, 11) is 0. The van der Waals surface area contributed by atoms with Gasteiger partial charge in [0.25, 0.3) is 5.69 Å².